The number of benzene rings is 1. The van der Waals surface area contributed by atoms with Crippen LogP contribution in [0.2, 0.25) is 0 Å². The van der Waals surface area contributed by atoms with Crippen molar-refractivity contribution in [3.8, 4) is 11.3 Å². The first-order valence-corrected chi connectivity index (χ1v) is 5.41. The summed E-state index contributed by atoms with van der Waals surface area (Å²) in [4.78, 5) is 0. The average Bonchev–Trinajstić information content (AvgIpc) is 2.69. The largest absolute Gasteiger partial charge is 0.433 e. The average molecular weight is 294 g/mol. The second-order valence-electron chi connectivity index (χ2n) is 4.11. The highest BCUT2D eigenvalue weighted by atomic mass is 19.4. The van der Waals surface area contributed by atoms with Gasteiger partial charge in [0.2, 0.25) is 0 Å². The van der Waals surface area contributed by atoms with Crippen LogP contribution >= 0.6 is 0 Å². The third-order valence-electron chi connectivity index (χ3n) is 2.78. The van der Waals surface area contributed by atoms with E-state index in [-0.39, 0.29) is 16.8 Å². The molecule has 0 unspecified atom stereocenters. The number of H-pyrrole nitrogens is 1. The minimum atomic E-state index is -4.69. The monoisotopic (exact) mass is 294 g/mol. The second kappa shape index (κ2) is 4.53. The number of aromatic amines is 1. The van der Waals surface area contributed by atoms with Gasteiger partial charge in [0.25, 0.3) is 0 Å². The molecule has 2 nitrogen and oxygen atoms in total. The van der Waals surface area contributed by atoms with Crippen LogP contribution in [0, 0.1) is 6.92 Å². The van der Waals surface area contributed by atoms with Gasteiger partial charge in [-0.3, -0.25) is 5.10 Å². The molecule has 20 heavy (non-hydrogen) atoms. The van der Waals surface area contributed by atoms with E-state index in [1.54, 1.807) is 5.10 Å². The Balaban J connectivity index is 2.63. The number of nitrogens with one attached hydrogen (secondary N) is 1. The molecule has 2 rings (SSSR count). The Hall–Kier alpha value is -1.99. The van der Waals surface area contributed by atoms with Crippen LogP contribution in [0.25, 0.3) is 11.3 Å². The molecule has 1 N–H and O–H groups in total. The fourth-order valence-electron chi connectivity index (χ4n) is 1.87. The van der Waals surface area contributed by atoms with E-state index in [9.17, 15) is 26.3 Å². The van der Waals surface area contributed by atoms with Gasteiger partial charge in [0, 0.05) is 11.1 Å². The summed E-state index contributed by atoms with van der Waals surface area (Å²) in [5.41, 5.74) is -3.28. The normalized spacial score (nSPS) is 12.8. The topological polar surface area (TPSA) is 28.7 Å². The number of hydrogen-bond donors (Lipinski definition) is 1. The second-order valence-corrected chi connectivity index (χ2v) is 4.11. The van der Waals surface area contributed by atoms with Crippen LogP contribution in [0.1, 0.15) is 16.8 Å². The Morgan fingerprint density at radius 3 is 2.05 bits per heavy atom. The first-order valence-electron chi connectivity index (χ1n) is 5.41. The van der Waals surface area contributed by atoms with Crippen molar-refractivity contribution in [2.45, 2.75) is 19.3 Å². The molecule has 0 bridgehead atoms. The predicted molar refractivity (Wildman–Crippen MR) is 58.8 cm³/mol. The minimum Gasteiger partial charge on any atom is -0.273 e. The fourth-order valence-corrected chi connectivity index (χ4v) is 1.87. The molecule has 108 valence electrons. The molecular weight excluding hydrogens is 286 g/mol. The van der Waals surface area contributed by atoms with Crippen molar-refractivity contribution < 1.29 is 26.3 Å². The maximum atomic E-state index is 12.8. The van der Waals surface area contributed by atoms with Crippen LogP contribution in [0.3, 0.4) is 0 Å². The molecule has 1 heterocycles. The van der Waals surface area contributed by atoms with E-state index in [0.29, 0.717) is 0 Å². The first-order chi connectivity index (χ1) is 9.12. The van der Waals surface area contributed by atoms with Crippen molar-refractivity contribution >= 4 is 0 Å². The van der Waals surface area contributed by atoms with Crippen molar-refractivity contribution in [2.75, 3.05) is 0 Å². The van der Waals surface area contributed by atoms with E-state index in [4.69, 9.17) is 0 Å². The van der Waals surface area contributed by atoms with Crippen LogP contribution in [-0.2, 0) is 12.4 Å². The highest BCUT2D eigenvalue weighted by molar-refractivity contribution is 5.68. The quantitative estimate of drug-likeness (QED) is 0.775. The number of halogens is 6. The van der Waals surface area contributed by atoms with Gasteiger partial charge in [-0.15, -0.1) is 0 Å². The van der Waals surface area contributed by atoms with Gasteiger partial charge < -0.3 is 0 Å². The maximum Gasteiger partial charge on any atom is 0.433 e. The fraction of sp³-hybridized carbons (Fsp3) is 0.250. The van der Waals surface area contributed by atoms with Crippen molar-refractivity contribution in [2.24, 2.45) is 0 Å². The number of rotatable bonds is 1. The van der Waals surface area contributed by atoms with Crippen molar-refractivity contribution in [1.29, 1.82) is 0 Å². The van der Waals surface area contributed by atoms with Gasteiger partial charge in [0.05, 0.1) is 11.3 Å². The molecule has 0 aliphatic heterocycles. The molecule has 0 saturated heterocycles. The van der Waals surface area contributed by atoms with Crippen molar-refractivity contribution in [3.05, 3.63) is 41.1 Å². The third-order valence-corrected chi connectivity index (χ3v) is 2.78. The Morgan fingerprint density at radius 2 is 1.55 bits per heavy atom. The lowest BCUT2D eigenvalue weighted by molar-refractivity contribution is -0.141. The number of hydrogen-bond acceptors (Lipinski definition) is 1. The van der Waals surface area contributed by atoms with Crippen LogP contribution in [0.15, 0.2) is 24.3 Å². The molecule has 1 aromatic heterocycles. The standard InChI is InChI=1S/C12H8F6N2/c1-6-9(19-20-10(6)12(16,17)18)7-4-2-3-5-8(7)11(13,14)15/h2-5H,1H3,(H,19,20). The van der Waals surface area contributed by atoms with E-state index >= 15 is 0 Å². The summed E-state index contributed by atoms with van der Waals surface area (Å²) in [5, 5.41) is 5.13. The van der Waals surface area contributed by atoms with Crippen molar-refractivity contribution in [1.82, 2.24) is 10.2 Å². The lowest BCUT2D eigenvalue weighted by Gasteiger charge is -2.11. The van der Waals surface area contributed by atoms with E-state index < -0.39 is 23.6 Å². The van der Waals surface area contributed by atoms with Gasteiger partial charge in [-0.05, 0) is 13.0 Å². The van der Waals surface area contributed by atoms with Gasteiger partial charge in [0.1, 0.15) is 5.69 Å². The minimum absolute atomic E-state index is 0.356. The van der Waals surface area contributed by atoms with Crippen LogP contribution in [0.5, 0.6) is 0 Å². The van der Waals surface area contributed by atoms with E-state index in [1.807, 2.05) is 0 Å². The van der Waals surface area contributed by atoms with Crippen LogP contribution in [-0.4, -0.2) is 10.2 Å². The van der Waals surface area contributed by atoms with Crippen LogP contribution in [0.4, 0.5) is 26.3 Å². The highest BCUT2D eigenvalue weighted by Gasteiger charge is 2.38. The SMILES string of the molecule is Cc1c(-c2ccccc2C(F)(F)F)n[nH]c1C(F)(F)F. The molecule has 0 saturated carbocycles. The molecule has 8 heteroatoms. The lowest BCUT2D eigenvalue weighted by atomic mass is 10.0. The van der Waals surface area contributed by atoms with E-state index in [2.05, 4.69) is 5.10 Å². The Morgan fingerprint density at radius 1 is 0.950 bits per heavy atom. The van der Waals surface area contributed by atoms with Gasteiger partial charge in [-0.2, -0.15) is 31.4 Å². The number of nitrogens with zero attached hydrogens (tertiary/aromatic N) is 1. The third kappa shape index (κ3) is 2.50. The summed E-state index contributed by atoms with van der Waals surface area (Å²) < 4.78 is 76.4. The molecule has 0 spiro atoms. The number of alkyl halides is 6. The highest BCUT2D eigenvalue weighted by Crippen LogP contribution is 2.39. The summed E-state index contributed by atoms with van der Waals surface area (Å²) in [6.45, 7) is 1.08. The molecule has 1 aromatic carbocycles. The summed E-state index contributed by atoms with van der Waals surface area (Å²) in [7, 11) is 0. The van der Waals surface area contributed by atoms with Gasteiger partial charge in [-0.1, -0.05) is 18.2 Å². The molecule has 2 aromatic rings. The molecule has 0 atom stereocenters. The zero-order valence-corrected chi connectivity index (χ0v) is 10.0. The zero-order chi connectivity index (χ0) is 15.1. The number of aromatic nitrogens is 2. The van der Waals surface area contributed by atoms with Gasteiger partial charge in [0.15, 0.2) is 0 Å². The summed E-state index contributed by atoms with van der Waals surface area (Å²) >= 11 is 0. The first kappa shape index (κ1) is 14.4. The summed E-state index contributed by atoms with van der Waals surface area (Å²) in [5.74, 6) is 0. The lowest BCUT2D eigenvalue weighted by Crippen LogP contribution is -2.08. The van der Waals surface area contributed by atoms with Crippen molar-refractivity contribution in [3.63, 3.8) is 0 Å². The van der Waals surface area contributed by atoms with Crippen LogP contribution < -0.4 is 0 Å². The van der Waals surface area contributed by atoms with Gasteiger partial charge in [-0.25, -0.2) is 0 Å². The summed E-state index contributed by atoms with van der Waals surface area (Å²) in [6.07, 6.45) is -9.36. The Bertz CT molecular complexity index is 624. The molecule has 0 aliphatic carbocycles. The smallest absolute Gasteiger partial charge is 0.273 e. The molecule has 0 fully saturated rings. The van der Waals surface area contributed by atoms with Gasteiger partial charge >= 0.3 is 12.4 Å². The van der Waals surface area contributed by atoms with E-state index in [1.165, 1.54) is 12.1 Å². The maximum absolute atomic E-state index is 12.8. The zero-order valence-electron chi connectivity index (χ0n) is 10.0. The Labute approximate surface area is 109 Å². The molecular formula is C12H8F6N2. The summed E-state index contributed by atoms with van der Waals surface area (Å²) in [6, 6.07) is 4.37. The molecule has 0 radical (unpaired) electrons. The van der Waals surface area contributed by atoms with E-state index in [0.717, 1.165) is 19.1 Å². The molecule has 0 aliphatic rings. The predicted octanol–water partition coefficient (Wildman–Crippen LogP) is 4.42. The molecule has 0 amide bonds. The Kier molecular flexibility index (Phi) is 3.27.